The van der Waals surface area contributed by atoms with Gasteiger partial charge in [-0.25, -0.2) is 13.1 Å². The largest absolute Gasteiger partial charge is 0.493 e. The van der Waals surface area contributed by atoms with Crippen molar-refractivity contribution in [2.75, 3.05) is 20.8 Å². The molecule has 0 saturated carbocycles. The second-order valence-corrected chi connectivity index (χ2v) is 8.37. The van der Waals surface area contributed by atoms with Gasteiger partial charge in [0.1, 0.15) is 10.7 Å². The third-order valence-electron chi connectivity index (χ3n) is 3.88. The predicted octanol–water partition coefficient (Wildman–Crippen LogP) is 2.56. The van der Waals surface area contributed by atoms with Gasteiger partial charge in [-0.1, -0.05) is 13.8 Å². The van der Waals surface area contributed by atoms with E-state index in [4.69, 9.17) is 13.9 Å². The van der Waals surface area contributed by atoms with Crippen LogP contribution in [-0.4, -0.2) is 35.1 Å². The van der Waals surface area contributed by atoms with E-state index < -0.39 is 10.0 Å². The molecule has 158 valence electrons. The van der Waals surface area contributed by atoms with E-state index in [0.717, 1.165) is 0 Å². The van der Waals surface area contributed by atoms with Crippen LogP contribution in [0.1, 0.15) is 25.2 Å². The Kier molecular flexibility index (Phi) is 7.86. The molecule has 0 unspecified atom stereocenters. The molecule has 1 aromatic heterocycles. The van der Waals surface area contributed by atoms with Crippen molar-refractivity contribution in [3.63, 3.8) is 0 Å². The van der Waals surface area contributed by atoms with Gasteiger partial charge in [0.25, 0.3) is 0 Å². The zero-order valence-corrected chi connectivity index (χ0v) is 17.7. The first-order valence-electron chi connectivity index (χ1n) is 9.00. The van der Waals surface area contributed by atoms with Crippen LogP contribution in [0.25, 0.3) is 6.08 Å². The number of nitrogens with one attached hydrogen (secondary N) is 2. The van der Waals surface area contributed by atoms with Crippen molar-refractivity contribution in [3.05, 3.63) is 47.9 Å². The molecular formula is C20H26N2O6S. The maximum absolute atomic E-state index is 12.9. The summed E-state index contributed by atoms with van der Waals surface area (Å²) in [5.41, 5.74) is 0.473. The molecule has 29 heavy (non-hydrogen) atoms. The van der Waals surface area contributed by atoms with Crippen molar-refractivity contribution in [1.29, 1.82) is 0 Å². The lowest BCUT2D eigenvalue weighted by atomic mass is 10.1. The minimum Gasteiger partial charge on any atom is -0.493 e. The lowest BCUT2D eigenvalue weighted by Gasteiger charge is -2.15. The number of carbonyl (C=O) groups is 1. The zero-order chi connectivity index (χ0) is 21.4. The molecule has 2 N–H and O–H groups in total. The number of hydrogen-bond acceptors (Lipinski definition) is 6. The van der Waals surface area contributed by atoms with E-state index in [9.17, 15) is 13.2 Å². The van der Waals surface area contributed by atoms with Gasteiger partial charge in [0.15, 0.2) is 11.5 Å². The van der Waals surface area contributed by atoms with Crippen LogP contribution in [0.5, 0.6) is 11.5 Å². The smallest absolute Gasteiger partial charge is 0.244 e. The molecule has 0 aliphatic rings. The van der Waals surface area contributed by atoms with E-state index in [-0.39, 0.29) is 28.8 Å². The molecule has 0 atom stereocenters. The number of rotatable bonds is 10. The van der Waals surface area contributed by atoms with Crippen molar-refractivity contribution < 1.29 is 27.1 Å². The normalized spacial score (nSPS) is 11.8. The highest BCUT2D eigenvalue weighted by Crippen LogP contribution is 2.36. The molecule has 0 bridgehead atoms. The van der Waals surface area contributed by atoms with E-state index in [1.165, 1.54) is 38.7 Å². The van der Waals surface area contributed by atoms with Crippen LogP contribution >= 0.6 is 0 Å². The fourth-order valence-corrected chi connectivity index (χ4v) is 3.65. The fraction of sp³-hybridized carbons (Fsp3) is 0.350. The number of sulfonamides is 1. The molecule has 9 heteroatoms. The number of furan rings is 1. The molecule has 0 fully saturated rings. The number of ether oxygens (including phenoxy) is 2. The van der Waals surface area contributed by atoms with Crippen LogP contribution < -0.4 is 19.5 Å². The molecule has 0 aliphatic carbocycles. The number of benzene rings is 1. The summed E-state index contributed by atoms with van der Waals surface area (Å²) in [6.07, 6.45) is 4.32. The Labute approximate surface area is 170 Å². The van der Waals surface area contributed by atoms with E-state index >= 15 is 0 Å². The van der Waals surface area contributed by atoms with Gasteiger partial charge in [0.05, 0.1) is 27.0 Å². The molecule has 1 amide bonds. The quantitative estimate of drug-likeness (QED) is 0.570. The summed E-state index contributed by atoms with van der Waals surface area (Å²) < 4.78 is 43.9. The Balaban J connectivity index is 2.32. The summed E-state index contributed by atoms with van der Waals surface area (Å²) in [4.78, 5) is 11.8. The van der Waals surface area contributed by atoms with Crippen LogP contribution in [0, 0.1) is 5.92 Å². The summed E-state index contributed by atoms with van der Waals surface area (Å²) in [7, 11) is -1.17. The van der Waals surface area contributed by atoms with E-state index in [0.29, 0.717) is 23.8 Å². The Morgan fingerprint density at radius 3 is 2.59 bits per heavy atom. The van der Waals surface area contributed by atoms with Crippen LogP contribution in [-0.2, 0) is 21.4 Å². The molecule has 2 aromatic rings. The van der Waals surface area contributed by atoms with Gasteiger partial charge >= 0.3 is 0 Å². The van der Waals surface area contributed by atoms with Gasteiger partial charge in [-0.2, -0.15) is 0 Å². The number of carbonyl (C=O) groups excluding carboxylic acids is 1. The zero-order valence-electron chi connectivity index (χ0n) is 16.9. The molecule has 0 aliphatic heterocycles. The van der Waals surface area contributed by atoms with E-state index in [2.05, 4.69) is 10.0 Å². The van der Waals surface area contributed by atoms with Gasteiger partial charge in [0, 0.05) is 12.6 Å². The molecule has 2 rings (SSSR count). The second kappa shape index (κ2) is 10.1. The first kappa shape index (κ1) is 22.5. The summed E-state index contributed by atoms with van der Waals surface area (Å²) >= 11 is 0. The van der Waals surface area contributed by atoms with E-state index in [1.807, 2.05) is 13.8 Å². The third kappa shape index (κ3) is 6.37. The maximum Gasteiger partial charge on any atom is 0.244 e. The summed E-state index contributed by atoms with van der Waals surface area (Å²) in [5, 5.41) is 2.76. The first-order chi connectivity index (χ1) is 13.8. The van der Waals surface area contributed by atoms with Gasteiger partial charge in [0.2, 0.25) is 15.9 Å². The maximum atomic E-state index is 12.9. The SMILES string of the molecule is COc1cc(C=CC(=O)NCC(C)C)cc(S(=O)(=O)NCc2ccco2)c1OC. The molecule has 0 saturated heterocycles. The molecule has 1 heterocycles. The van der Waals surface area contributed by atoms with Crippen molar-refractivity contribution in [1.82, 2.24) is 10.0 Å². The second-order valence-electron chi connectivity index (χ2n) is 6.63. The topological polar surface area (TPSA) is 107 Å². The monoisotopic (exact) mass is 422 g/mol. The number of amides is 1. The predicted molar refractivity (Wildman–Crippen MR) is 109 cm³/mol. The van der Waals surface area contributed by atoms with Crippen LogP contribution in [0.15, 0.2) is 45.9 Å². The Hall–Kier alpha value is -2.78. The van der Waals surface area contributed by atoms with Crippen molar-refractivity contribution in [2.24, 2.45) is 5.92 Å². The fourth-order valence-electron chi connectivity index (χ4n) is 2.44. The third-order valence-corrected chi connectivity index (χ3v) is 5.29. The van der Waals surface area contributed by atoms with Crippen molar-refractivity contribution in [2.45, 2.75) is 25.3 Å². The van der Waals surface area contributed by atoms with Gasteiger partial charge in [-0.15, -0.1) is 0 Å². The first-order valence-corrected chi connectivity index (χ1v) is 10.5. The minimum atomic E-state index is -3.94. The lowest BCUT2D eigenvalue weighted by molar-refractivity contribution is -0.116. The Morgan fingerprint density at radius 1 is 1.24 bits per heavy atom. The van der Waals surface area contributed by atoms with Gasteiger partial charge in [-0.05, 0) is 41.8 Å². The minimum absolute atomic E-state index is 0.0154. The highest BCUT2D eigenvalue weighted by Gasteiger charge is 2.24. The van der Waals surface area contributed by atoms with E-state index in [1.54, 1.807) is 18.2 Å². The van der Waals surface area contributed by atoms with Crippen molar-refractivity contribution in [3.8, 4) is 11.5 Å². The average Bonchev–Trinajstić information content (AvgIpc) is 3.22. The van der Waals surface area contributed by atoms with Crippen LogP contribution in [0.2, 0.25) is 0 Å². The van der Waals surface area contributed by atoms with Crippen LogP contribution in [0.4, 0.5) is 0 Å². The summed E-state index contributed by atoms with van der Waals surface area (Å²) in [5.74, 6) is 0.827. The molecule has 0 radical (unpaired) electrons. The summed E-state index contributed by atoms with van der Waals surface area (Å²) in [6.45, 7) is 4.51. The van der Waals surface area contributed by atoms with Crippen LogP contribution in [0.3, 0.4) is 0 Å². The molecule has 8 nitrogen and oxygen atoms in total. The average molecular weight is 423 g/mol. The standard InChI is InChI=1S/C20H26N2O6S/c1-14(2)12-21-19(23)8-7-15-10-17(26-3)20(27-4)18(11-15)29(24,25)22-13-16-6-5-9-28-16/h5-11,14,22H,12-13H2,1-4H3,(H,21,23). The Morgan fingerprint density at radius 2 is 2.00 bits per heavy atom. The lowest BCUT2D eigenvalue weighted by Crippen LogP contribution is -2.25. The highest BCUT2D eigenvalue weighted by molar-refractivity contribution is 7.89. The molecular weight excluding hydrogens is 396 g/mol. The number of hydrogen-bond donors (Lipinski definition) is 2. The van der Waals surface area contributed by atoms with Gasteiger partial charge in [-0.3, -0.25) is 4.79 Å². The number of methoxy groups -OCH3 is 2. The molecule has 0 spiro atoms. The Bertz CT molecular complexity index is 950. The molecule has 1 aromatic carbocycles. The van der Waals surface area contributed by atoms with Crippen molar-refractivity contribution >= 4 is 22.0 Å². The van der Waals surface area contributed by atoms with Gasteiger partial charge < -0.3 is 19.2 Å². The highest BCUT2D eigenvalue weighted by atomic mass is 32.2. The summed E-state index contributed by atoms with van der Waals surface area (Å²) in [6, 6.07) is 6.34.